The largest absolute Gasteiger partial charge is 0.458 e. The van der Waals surface area contributed by atoms with Crippen LogP contribution in [0.2, 0.25) is 0 Å². The second kappa shape index (κ2) is 11.3. The Balaban J connectivity index is 3.21. The average Bonchev–Trinajstić information content (AvgIpc) is 2.60. The van der Waals surface area contributed by atoms with Crippen molar-refractivity contribution in [2.75, 3.05) is 6.61 Å². The molecule has 1 fully saturated rings. The van der Waals surface area contributed by atoms with E-state index >= 15 is 0 Å². The van der Waals surface area contributed by atoms with Crippen LogP contribution in [0.5, 0.6) is 0 Å². The summed E-state index contributed by atoms with van der Waals surface area (Å²) in [6.07, 6.45) is -3.56. The van der Waals surface area contributed by atoms with E-state index in [9.17, 15) is 19.5 Å². The Morgan fingerprint density at radius 2 is 1.56 bits per heavy atom. The number of esters is 1. The predicted molar refractivity (Wildman–Crippen MR) is 118 cm³/mol. The van der Waals surface area contributed by atoms with Crippen LogP contribution in [0.3, 0.4) is 0 Å². The summed E-state index contributed by atoms with van der Waals surface area (Å²) in [4.78, 5) is 39.6. The van der Waals surface area contributed by atoms with Gasteiger partial charge >= 0.3 is 18.2 Å². The summed E-state index contributed by atoms with van der Waals surface area (Å²) in [6.45, 7) is 16.0. The second-order valence-corrected chi connectivity index (χ2v) is 10.7. The van der Waals surface area contributed by atoms with Crippen LogP contribution in [0.15, 0.2) is 0 Å². The number of aliphatic hydroxyl groups is 1. The molecule has 4 unspecified atom stereocenters. The summed E-state index contributed by atoms with van der Waals surface area (Å²) in [7, 11) is 0. The predicted octanol–water partition coefficient (Wildman–Crippen LogP) is 4.04. The van der Waals surface area contributed by atoms with Crippen LogP contribution in [0, 0.1) is 5.92 Å². The van der Waals surface area contributed by atoms with Gasteiger partial charge in [-0.25, -0.2) is 14.4 Å². The zero-order valence-corrected chi connectivity index (χ0v) is 21.0. The number of hydrogen-bond donors (Lipinski definition) is 1. The van der Waals surface area contributed by atoms with Gasteiger partial charge < -0.3 is 24.1 Å². The molecule has 1 saturated heterocycles. The first-order chi connectivity index (χ1) is 14.5. The number of cyclic esters (lactones) is 1. The molecule has 186 valence electrons. The highest BCUT2D eigenvalue weighted by atomic mass is 16.6. The van der Waals surface area contributed by atoms with Crippen LogP contribution in [-0.4, -0.2) is 70.3 Å². The highest BCUT2D eigenvalue weighted by Crippen LogP contribution is 2.25. The van der Waals surface area contributed by atoms with Crippen molar-refractivity contribution in [1.29, 1.82) is 0 Å². The highest BCUT2D eigenvalue weighted by molar-refractivity contribution is 5.94. The highest BCUT2D eigenvalue weighted by Gasteiger charge is 2.43. The molecule has 1 aliphatic rings. The molecule has 0 saturated carbocycles. The maximum Gasteiger partial charge on any atom is 0.420 e. The van der Waals surface area contributed by atoms with E-state index in [0.29, 0.717) is 24.3 Å². The van der Waals surface area contributed by atoms with Crippen LogP contribution in [0.4, 0.5) is 9.59 Å². The van der Waals surface area contributed by atoms with Gasteiger partial charge in [-0.2, -0.15) is 4.90 Å². The summed E-state index contributed by atoms with van der Waals surface area (Å²) >= 11 is 0. The molecule has 9 nitrogen and oxygen atoms in total. The number of aliphatic hydroxyl groups excluding tert-OH is 1. The molecule has 1 N–H and O–H groups in total. The van der Waals surface area contributed by atoms with E-state index in [1.807, 2.05) is 13.8 Å². The first kappa shape index (κ1) is 28.2. The van der Waals surface area contributed by atoms with Crippen LogP contribution < -0.4 is 0 Å². The fourth-order valence-corrected chi connectivity index (χ4v) is 3.18. The van der Waals surface area contributed by atoms with Gasteiger partial charge in [0.25, 0.3) is 0 Å². The van der Waals surface area contributed by atoms with Crippen LogP contribution in [0.25, 0.3) is 0 Å². The number of ether oxygens (including phenoxy) is 4. The zero-order chi connectivity index (χ0) is 24.9. The lowest BCUT2D eigenvalue weighted by Gasteiger charge is -2.33. The topological polar surface area (TPSA) is 112 Å². The molecular formula is C23H41NO8. The molecule has 1 aliphatic heterocycles. The Bertz CT molecular complexity index is 621. The molecule has 0 aromatic rings. The first-order valence-corrected chi connectivity index (χ1v) is 11.3. The van der Waals surface area contributed by atoms with Crippen molar-refractivity contribution in [1.82, 2.24) is 4.90 Å². The molecule has 4 atom stereocenters. The van der Waals surface area contributed by atoms with Gasteiger partial charge in [0, 0.05) is 6.61 Å². The van der Waals surface area contributed by atoms with E-state index in [0.717, 1.165) is 0 Å². The number of carbonyl (C=O) groups excluding carboxylic acids is 3. The Morgan fingerprint density at radius 1 is 1.06 bits per heavy atom. The average molecular weight is 460 g/mol. The zero-order valence-electron chi connectivity index (χ0n) is 21.0. The quantitative estimate of drug-likeness (QED) is 0.495. The fourth-order valence-electron chi connectivity index (χ4n) is 3.18. The summed E-state index contributed by atoms with van der Waals surface area (Å²) < 4.78 is 22.1. The molecule has 1 rings (SSSR count). The Labute approximate surface area is 191 Å². The van der Waals surface area contributed by atoms with Crippen LogP contribution in [0.1, 0.15) is 81.6 Å². The van der Waals surface area contributed by atoms with E-state index in [1.165, 1.54) is 0 Å². The number of nitrogens with zero attached hydrogens (tertiary/aromatic N) is 1. The van der Waals surface area contributed by atoms with Crippen molar-refractivity contribution in [2.45, 2.75) is 117 Å². The van der Waals surface area contributed by atoms with E-state index < -0.39 is 53.7 Å². The molecule has 0 spiro atoms. The monoisotopic (exact) mass is 459 g/mol. The number of imide groups is 1. The van der Waals surface area contributed by atoms with Crippen molar-refractivity contribution in [3.63, 3.8) is 0 Å². The van der Waals surface area contributed by atoms with Crippen LogP contribution in [-0.2, 0) is 23.7 Å². The van der Waals surface area contributed by atoms with Gasteiger partial charge in [0.15, 0.2) is 0 Å². The molecule has 32 heavy (non-hydrogen) atoms. The van der Waals surface area contributed by atoms with E-state index in [-0.39, 0.29) is 12.3 Å². The molecule has 1 heterocycles. The second-order valence-electron chi connectivity index (χ2n) is 10.7. The van der Waals surface area contributed by atoms with Gasteiger partial charge in [-0.05, 0) is 73.6 Å². The molecule has 2 amide bonds. The summed E-state index contributed by atoms with van der Waals surface area (Å²) in [6, 6.07) is -1.25. The lowest BCUT2D eigenvalue weighted by Crippen LogP contribution is -2.53. The summed E-state index contributed by atoms with van der Waals surface area (Å²) in [5.41, 5.74) is -1.78. The Kier molecular flexibility index (Phi) is 9.96. The molecule has 0 bridgehead atoms. The molecular weight excluding hydrogens is 418 g/mol. The van der Waals surface area contributed by atoms with Crippen molar-refractivity contribution >= 4 is 18.2 Å². The Hall–Kier alpha value is -1.87. The SMILES string of the molecule is CC(C)COC1C(O)CCCC(N(C(=O)OC(C)(C)C)C(=O)OC(C)(C)C)C(=O)OC1C. The minimum Gasteiger partial charge on any atom is -0.458 e. The molecule has 9 heteroatoms. The Morgan fingerprint density at radius 3 is 2.00 bits per heavy atom. The standard InChI is InChI=1S/C23H41NO8/c1-14(2)13-29-18-15(3)30-19(26)16(11-10-12-17(18)25)24(20(27)31-22(4,5)6)21(28)32-23(7,8)9/h14-18,25H,10-13H2,1-9H3. The fraction of sp³-hybridized carbons (Fsp3) is 0.870. The number of amides is 2. The summed E-state index contributed by atoms with van der Waals surface area (Å²) in [5.74, 6) is -0.540. The number of hydrogen-bond acceptors (Lipinski definition) is 8. The van der Waals surface area contributed by atoms with Crippen LogP contribution >= 0.6 is 0 Å². The maximum absolute atomic E-state index is 13.1. The van der Waals surface area contributed by atoms with Gasteiger partial charge in [0.05, 0.1) is 6.10 Å². The van der Waals surface area contributed by atoms with E-state index in [1.54, 1.807) is 48.5 Å². The van der Waals surface area contributed by atoms with Gasteiger partial charge in [0.2, 0.25) is 0 Å². The van der Waals surface area contributed by atoms with Gasteiger partial charge in [0.1, 0.15) is 29.5 Å². The third-order valence-electron chi connectivity index (χ3n) is 4.51. The number of carbonyl (C=O) groups is 3. The maximum atomic E-state index is 13.1. The van der Waals surface area contributed by atoms with Crippen molar-refractivity contribution in [2.24, 2.45) is 5.92 Å². The first-order valence-electron chi connectivity index (χ1n) is 11.3. The molecule has 0 aliphatic carbocycles. The molecule has 0 aromatic carbocycles. The smallest absolute Gasteiger partial charge is 0.420 e. The summed E-state index contributed by atoms with van der Waals surface area (Å²) in [5, 5.41) is 10.6. The minimum absolute atomic E-state index is 0.0952. The third-order valence-corrected chi connectivity index (χ3v) is 4.51. The van der Waals surface area contributed by atoms with Gasteiger partial charge in [-0.3, -0.25) is 0 Å². The van der Waals surface area contributed by atoms with Gasteiger partial charge in [-0.15, -0.1) is 0 Å². The lowest BCUT2D eigenvalue weighted by molar-refractivity contribution is -0.168. The third kappa shape index (κ3) is 9.32. The van der Waals surface area contributed by atoms with Crippen molar-refractivity contribution < 1.29 is 38.4 Å². The van der Waals surface area contributed by atoms with Crippen molar-refractivity contribution in [3.8, 4) is 0 Å². The molecule has 0 radical (unpaired) electrons. The van der Waals surface area contributed by atoms with Gasteiger partial charge in [-0.1, -0.05) is 13.8 Å². The van der Waals surface area contributed by atoms with Crippen molar-refractivity contribution in [3.05, 3.63) is 0 Å². The number of rotatable bonds is 4. The minimum atomic E-state index is -1.25. The lowest BCUT2D eigenvalue weighted by atomic mass is 10.0. The normalized spacial score (nSPS) is 25.3. The molecule has 0 aromatic heterocycles. The van der Waals surface area contributed by atoms with E-state index in [2.05, 4.69) is 0 Å². The van der Waals surface area contributed by atoms with E-state index in [4.69, 9.17) is 18.9 Å².